The van der Waals surface area contributed by atoms with Gasteiger partial charge in [-0.2, -0.15) is 0 Å². The Hall–Kier alpha value is -1.93. The van der Waals surface area contributed by atoms with Crippen LogP contribution in [-0.4, -0.2) is 75.5 Å². The van der Waals surface area contributed by atoms with E-state index in [-0.39, 0.29) is 30.6 Å². The average Bonchev–Trinajstić information content (AvgIpc) is 3.36. The monoisotopic (exact) mass is 502 g/mol. The number of hydrogen-bond acceptors (Lipinski definition) is 6. The maximum atomic E-state index is 12.9. The van der Waals surface area contributed by atoms with Gasteiger partial charge in [0.2, 0.25) is 5.91 Å². The minimum Gasteiger partial charge on any atom is -0.393 e. The van der Waals surface area contributed by atoms with Gasteiger partial charge in [-0.3, -0.25) is 9.69 Å². The second kappa shape index (κ2) is 15.4. The van der Waals surface area contributed by atoms with Gasteiger partial charge in [0.25, 0.3) is 0 Å². The Morgan fingerprint density at radius 1 is 1.03 bits per heavy atom. The van der Waals surface area contributed by atoms with Crippen molar-refractivity contribution < 1.29 is 15.0 Å². The molecule has 3 heterocycles. The van der Waals surface area contributed by atoms with Crippen LogP contribution in [0.25, 0.3) is 0 Å². The van der Waals surface area contributed by atoms with Crippen LogP contribution in [0.4, 0.5) is 0 Å². The number of aryl methyl sites for hydroxylation is 1. The predicted octanol–water partition coefficient (Wildman–Crippen LogP) is 4.36. The number of aliphatic hydroxyl groups is 2. The number of likely N-dealkylation sites (tertiary alicyclic amines) is 1. The van der Waals surface area contributed by atoms with Crippen molar-refractivity contribution in [3.63, 3.8) is 0 Å². The standard InChI is InChI=1S/C25H38N4O3.2C2H6/c1-3-4-5-6-20-16-28(17-24(31)27-13-11-21(30)12-14-27)25(32)23-15-22(26-29(20)23)19-9-7-18(2)8-10-19;2*1-2/h7-10,15,20-22,25-26,30,32H,3-6,11-14,16-17H2,1-2H3;2*1-2H3. The van der Waals surface area contributed by atoms with Crippen molar-refractivity contribution in [1.29, 1.82) is 0 Å². The highest BCUT2D eigenvalue weighted by Crippen LogP contribution is 2.34. The van der Waals surface area contributed by atoms with Crippen LogP contribution < -0.4 is 5.43 Å². The number of hydrogen-bond donors (Lipinski definition) is 3. The van der Waals surface area contributed by atoms with Crippen LogP contribution in [0.3, 0.4) is 0 Å². The van der Waals surface area contributed by atoms with E-state index in [4.69, 9.17) is 0 Å². The van der Waals surface area contributed by atoms with Crippen LogP contribution in [-0.2, 0) is 4.79 Å². The van der Waals surface area contributed by atoms with Crippen molar-refractivity contribution in [3.8, 4) is 0 Å². The molecule has 0 spiro atoms. The van der Waals surface area contributed by atoms with Crippen molar-refractivity contribution in [2.45, 2.75) is 104 Å². The van der Waals surface area contributed by atoms with Gasteiger partial charge in [-0.1, -0.05) is 83.7 Å². The molecule has 0 bridgehead atoms. The summed E-state index contributed by atoms with van der Waals surface area (Å²) in [5.74, 6) is 0.0401. The summed E-state index contributed by atoms with van der Waals surface area (Å²) in [6.07, 6.45) is 6.77. The summed E-state index contributed by atoms with van der Waals surface area (Å²) in [5.41, 5.74) is 6.86. The molecule has 0 saturated carbocycles. The molecular formula is C29H50N4O3. The summed E-state index contributed by atoms with van der Waals surface area (Å²) in [7, 11) is 0. The second-order valence-corrected chi connectivity index (χ2v) is 9.54. The molecule has 3 unspecified atom stereocenters. The lowest BCUT2D eigenvalue weighted by Gasteiger charge is -2.45. The second-order valence-electron chi connectivity index (χ2n) is 9.54. The van der Waals surface area contributed by atoms with Gasteiger partial charge in [-0.15, -0.1) is 0 Å². The molecule has 0 radical (unpaired) electrons. The number of benzene rings is 1. The van der Waals surface area contributed by atoms with E-state index in [1.54, 1.807) is 0 Å². The van der Waals surface area contributed by atoms with E-state index < -0.39 is 6.23 Å². The number of carbonyl (C=O) groups excluding carboxylic acids is 1. The zero-order valence-corrected chi connectivity index (χ0v) is 23.4. The lowest BCUT2D eigenvalue weighted by Crippen LogP contribution is -2.60. The van der Waals surface area contributed by atoms with Gasteiger partial charge in [0, 0.05) is 19.6 Å². The molecule has 1 amide bonds. The van der Waals surface area contributed by atoms with Crippen molar-refractivity contribution in [3.05, 3.63) is 47.2 Å². The highest BCUT2D eigenvalue weighted by atomic mass is 16.3. The van der Waals surface area contributed by atoms with Crippen molar-refractivity contribution >= 4 is 5.91 Å². The smallest absolute Gasteiger partial charge is 0.236 e. The van der Waals surface area contributed by atoms with E-state index >= 15 is 0 Å². The fraction of sp³-hybridized carbons (Fsp3) is 0.690. The number of nitrogens with zero attached hydrogens (tertiary/aromatic N) is 3. The number of fused-ring (bicyclic) bond motifs is 1. The summed E-state index contributed by atoms with van der Waals surface area (Å²) in [4.78, 5) is 16.7. The largest absolute Gasteiger partial charge is 0.393 e. The van der Waals surface area contributed by atoms with Gasteiger partial charge in [-0.25, -0.2) is 5.43 Å². The minimum absolute atomic E-state index is 0.0214. The lowest BCUT2D eigenvalue weighted by atomic mass is 10.0. The van der Waals surface area contributed by atoms with Crippen molar-refractivity contribution in [1.82, 2.24) is 20.2 Å². The van der Waals surface area contributed by atoms with Crippen molar-refractivity contribution in [2.75, 3.05) is 26.2 Å². The molecule has 0 aromatic heterocycles. The molecule has 2 saturated heterocycles. The fourth-order valence-electron chi connectivity index (χ4n) is 5.01. The van der Waals surface area contributed by atoms with E-state index in [9.17, 15) is 15.0 Å². The van der Waals surface area contributed by atoms with Gasteiger partial charge in [0.1, 0.15) is 6.23 Å². The number of unbranched alkanes of at least 4 members (excludes halogenated alkanes) is 2. The molecule has 1 aromatic carbocycles. The predicted molar refractivity (Wildman–Crippen MR) is 147 cm³/mol. The van der Waals surface area contributed by atoms with Gasteiger partial charge < -0.3 is 20.1 Å². The van der Waals surface area contributed by atoms with Crippen LogP contribution in [0.1, 0.15) is 90.3 Å². The molecule has 4 rings (SSSR count). The van der Waals surface area contributed by atoms with Crippen LogP contribution in [0, 0.1) is 6.92 Å². The van der Waals surface area contributed by atoms with Crippen molar-refractivity contribution in [2.24, 2.45) is 0 Å². The summed E-state index contributed by atoms with van der Waals surface area (Å²) < 4.78 is 0. The average molecular weight is 503 g/mol. The maximum Gasteiger partial charge on any atom is 0.236 e. The number of amides is 1. The zero-order valence-electron chi connectivity index (χ0n) is 23.4. The topological polar surface area (TPSA) is 79.3 Å². The van der Waals surface area contributed by atoms with E-state index in [1.807, 2.05) is 37.5 Å². The number of piperazine rings is 1. The van der Waals surface area contributed by atoms with Crippen LogP contribution in [0.15, 0.2) is 36.0 Å². The minimum atomic E-state index is -0.806. The Bertz CT molecular complexity index is 805. The Morgan fingerprint density at radius 3 is 2.28 bits per heavy atom. The van der Waals surface area contributed by atoms with E-state index in [1.165, 1.54) is 24.0 Å². The SMILES string of the molecule is CC.CC.CCCCCC1CN(CC(=O)N2CCC(O)CC2)C(O)C2=CC(c3ccc(C)cc3)NN21. The normalized spacial score (nSPS) is 24.2. The van der Waals surface area contributed by atoms with Crippen LogP contribution in [0.2, 0.25) is 0 Å². The highest BCUT2D eigenvalue weighted by molar-refractivity contribution is 5.78. The van der Waals surface area contributed by atoms with Gasteiger partial charge >= 0.3 is 0 Å². The number of carbonyl (C=O) groups is 1. The molecule has 2 fully saturated rings. The molecule has 3 N–H and O–H groups in total. The van der Waals surface area contributed by atoms with Gasteiger partial charge in [0.05, 0.1) is 30.4 Å². The first kappa shape index (κ1) is 30.3. The number of piperidine rings is 1. The first-order valence-electron chi connectivity index (χ1n) is 14.2. The summed E-state index contributed by atoms with van der Waals surface area (Å²) in [6.45, 7) is 14.3. The van der Waals surface area contributed by atoms with E-state index in [0.717, 1.165) is 18.5 Å². The Kier molecular flexibility index (Phi) is 12.9. The maximum absolute atomic E-state index is 12.9. The molecule has 36 heavy (non-hydrogen) atoms. The summed E-state index contributed by atoms with van der Waals surface area (Å²) in [6, 6.07) is 8.72. The molecule has 3 aliphatic heterocycles. The van der Waals surface area contributed by atoms with E-state index in [2.05, 4.69) is 54.6 Å². The fourth-order valence-corrected chi connectivity index (χ4v) is 5.01. The zero-order chi connectivity index (χ0) is 26.7. The van der Waals surface area contributed by atoms with Gasteiger partial charge in [-0.05, 0) is 37.8 Å². The number of aliphatic hydroxyl groups excluding tert-OH is 2. The molecule has 7 nitrogen and oxygen atoms in total. The highest BCUT2D eigenvalue weighted by Gasteiger charge is 2.41. The third kappa shape index (κ3) is 7.78. The van der Waals surface area contributed by atoms with Crippen LogP contribution in [0.5, 0.6) is 0 Å². The molecule has 204 valence electrons. The molecule has 0 aliphatic carbocycles. The molecule has 1 aromatic rings. The molecule has 3 aliphatic rings. The Labute approximate surface area is 219 Å². The Balaban J connectivity index is 0.00000109. The summed E-state index contributed by atoms with van der Waals surface area (Å²) >= 11 is 0. The summed E-state index contributed by atoms with van der Waals surface area (Å²) in [5, 5.41) is 23.1. The first-order chi connectivity index (χ1) is 17.5. The lowest BCUT2D eigenvalue weighted by molar-refractivity contribution is -0.139. The molecule has 3 atom stereocenters. The quantitative estimate of drug-likeness (QED) is 0.481. The third-order valence-corrected chi connectivity index (χ3v) is 7.05. The Morgan fingerprint density at radius 2 is 1.67 bits per heavy atom. The molecule has 7 heteroatoms. The van der Waals surface area contributed by atoms with Gasteiger partial charge in [0.15, 0.2) is 0 Å². The number of nitrogens with one attached hydrogen (secondary N) is 1. The van der Waals surface area contributed by atoms with Crippen LogP contribution >= 0.6 is 0 Å². The first-order valence-corrected chi connectivity index (χ1v) is 14.2. The molecular weight excluding hydrogens is 452 g/mol. The number of rotatable bonds is 7. The van der Waals surface area contributed by atoms with E-state index in [0.29, 0.717) is 32.5 Å². The third-order valence-electron chi connectivity index (χ3n) is 7.05. The number of hydrazine groups is 1.